The number of nitrogens with zero attached hydrogens (tertiary/aromatic N) is 3. The molecule has 3 amide bonds. The molecule has 0 saturated carbocycles. The van der Waals surface area contributed by atoms with E-state index in [2.05, 4.69) is 5.10 Å². The summed E-state index contributed by atoms with van der Waals surface area (Å²) in [5.41, 5.74) is 7.33. The van der Waals surface area contributed by atoms with Gasteiger partial charge < -0.3 is 28.1 Å². The van der Waals surface area contributed by atoms with Gasteiger partial charge in [-0.15, -0.1) is 0 Å². The van der Waals surface area contributed by atoms with Crippen LogP contribution < -0.4 is 28.1 Å². The van der Waals surface area contributed by atoms with Crippen molar-refractivity contribution in [1.82, 2.24) is 10.3 Å². The van der Waals surface area contributed by atoms with Crippen molar-refractivity contribution < 1.29 is 31.7 Å². The lowest BCUT2D eigenvalue weighted by Crippen LogP contribution is -3.00. The van der Waals surface area contributed by atoms with Gasteiger partial charge in [0.25, 0.3) is 5.91 Å². The lowest BCUT2D eigenvalue weighted by atomic mass is 10.1. The van der Waals surface area contributed by atoms with E-state index >= 15 is 0 Å². The first kappa shape index (κ1) is 17.6. The zero-order valence-electron chi connectivity index (χ0n) is 11.3. The van der Waals surface area contributed by atoms with Gasteiger partial charge >= 0.3 is 6.03 Å². The number of hydrazone groups is 1. The quantitative estimate of drug-likeness (QED) is 0.300. The average molecular weight is 302 g/mol. The lowest BCUT2D eigenvalue weighted by Gasteiger charge is -2.11. The van der Waals surface area contributed by atoms with E-state index in [0.29, 0.717) is 5.69 Å². The summed E-state index contributed by atoms with van der Waals surface area (Å²) in [7, 11) is 4.81. The SMILES string of the molecule is CN(C)C(=O)c1c(O)cc[n+](C)c1C=NNC(N)=O.[Cl-]. The molecule has 9 heteroatoms. The maximum absolute atomic E-state index is 12.0. The highest BCUT2D eigenvalue weighted by Crippen LogP contribution is 2.18. The summed E-state index contributed by atoms with van der Waals surface area (Å²) in [4.78, 5) is 23.9. The van der Waals surface area contributed by atoms with Gasteiger partial charge in [-0.1, -0.05) is 0 Å². The molecule has 0 radical (unpaired) electrons. The second-order valence-corrected chi connectivity index (χ2v) is 4.01. The largest absolute Gasteiger partial charge is 1.00 e. The minimum absolute atomic E-state index is 0. The molecular formula is C11H16ClN5O3. The maximum atomic E-state index is 12.0. The fourth-order valence-corrected chi connectivity index (χ4v) is 1.41. The van der Waals surface area contributed by atoms with Crippen LogP contribution in [0.4, 0.5) is 4.79 Å². The van der Waals surface area contributed by atoms with Gasteiger partial charge in [-0.2, -0.15) is 9.67 Å². The molecule has 4 N–H and O–H groups in total. The van der Waals surface area contributed by atoms with Crippen molar-refractivity contribution >= 4 is 18.2 Å². The van der Waals surface area contributed by atoms with Crippen LogP contribution in [-0.2, 0) is 7.05 Å². The zero-order chi connectivity index (χ0) is 14.6. The number of aromatic nitrogens is 1. The number of carbonyl (C=O) groups is 2. The Hall–Kier alpha value is -2.35. The van der Waals surface area contributed by atoms with E-state index in [0.717, 1.165) is 0 Å². The minimum atomic E-state index is -0.820. The van der Waals surface area contributed by atoms with Gasteiger partial charge in [-0.25, -0.2) is 10.2 Å². The number of carbonyl (C=O) groups excluding carboxylic acids is 2. The fraction of sp³-hybridized carbons (Fsp3) is 0.273. The zero-order valence-corrected chi connectivity index (χ0v) is 12.0. The van der Waals surface area contributed by atoms with Gasteiger partial charge in [0, 0.05) is 20.2 Å². The van der Waals surface area contributed by atoms with Crippen molar-refractivity contribution in [2.24, 2.45) is 17.9 Å². The van der Waals surface area contributed by atoms with Crippen LogP contribution in [0.2, 0.25) is 0 Å². The van der Waals surface area contributed by atoms with Crippen LogP contribution >= 0.6 is 0 Å². The standard InChI is InChI=1S/C11H15N5O3.ClH/c1-15(2)10(18)9-7(6-13-14-11(12)19)16(3)5-4-8(9)17;/h4-6H,1-3H3,(H3,12,14,17,18,19);1H. The number of halogens is 1. The number of nitrogens with one attached hydrogen (secondary N) is 1. The Morgan fingerprint density at radius 3 is 2.60 bits per heavy atom. The molecule has 1 aromatic rings. The van der Waals surface area contributed by atoms with Gasteiger partial charge in [-0.3, -0.25) is 4.79 Å². The van der Waals surface area contributed by atoms with Gasteiger partial charge in [0.2, 0.25) is 5.69 Å². The number of nitrogens with two attached hydrogens (primary N) is 1. The first-order valence-corrected chi connectivity index (χ1v) is 5.36. The molecule has 0 spiro atoms. The van der Waals surface area contributed by atoms with Crippen molar-refractivity contribution in [3.63, 3.8) is 0 Å². The summed E-state index contributed by atoms with van der Waals surface area (Å²) in [5, 5.41) is 13.4. The molecule has 8 nitrogen and oxygen atoms in total. The monoisotopic (exact) mass is 301 g/mol. The van der Waals surface area contributed by atoms with Crippen LogP contribution in [-0.4, -0.2) is 42.3 Å². The van der Waals surface area contributed by atoms with Crippen molar-refractivity contribution in [2.45, 2.75) is 0 Å². The Labute approximate surface area is 122 Å². The number of hydrogen-bond donors (Lipinski definition) is 3. The molecule has 0 aliphatic rings. The molecule has 0 aliphatic heterocycles. The Kier molecular flexibility index (Phi) is 6.43. The van der Waals surface area contributed by atoms with E-state index in [-0.39, 0.29) is 29.6 Å². The van der Waals surface area contributed by atoms with Crippen molar-refractivity contribution in [3.05, 3.63) is 23.5 Å². The lowest BCUT2D eigenvalue weighted by molar-refractivity contribution is -0.672. The molecule has 0 fully saturated rings. The Balaban J connectivity index is 0.00000361. The number of rotatable bonds is 3. The van der Waals surface area contributed by atoms with Gasteiger partial charge in [0.15, 0.2) is 11.8 Å². The number of primary amides is 1. The molecule has 0 unspecified atom stereocenters. The van der Waals surface area contributed by atoms with Crippen molar-refractivity contribution in [1.29, 1.82) is 0 Å². The number of urea groups is 1. The highest BCUT2D eigenvalue weighted by atomic mass is 35.5. The molecule has 0 bridgehead atoms. The predicted octanol–water partition coefficient (Wildman–Crippen LogP) is -4.08. The predicted molar refractivity (Wildman–Crippen MR) is 67.6 cm³/mol. The van der Waals surface area contributed by atoms with E-state index in [1.807, 2.05) is 5.43 Å². The number of amides is 3. The molecule has 20 heavy (non-hydrogen) atoms. The Morgan fingerprint density at radius 1 is 1.50 bits per heavy atom. The Bertz CT molecular complexity index is 545. The summed E-state index contributed by atoms with van der Waals surface area (Å²) in [6.07, 6.45) is 2.80. The molecular weight excluding hydrogens is 286 g/mol. The molecule has 0 atom stereocenters. The van der Waals surface area contributed by atoms with E-state index in [1.54, 1.807) is 31.9 Å². The first-order chi connectivity index (χ1) is 8.84. The summed E-state index contributed by atoms with van der Waals surface area (Å²) in [6.45, 7) is 0. The van der Waals surface area contributed by atoms with Crippen LogP contribution in [0, 0.1) is 0 Å². The summed E-state index contributed by atoms with van der Waals surface area (Å²) >= 11 is 0. The summed E-state index contributed by atoms with van der Waals surface area (Å²) in [5.74, 6) is -0.549. The molecule has 0 aromatic carbocycles. The van der Waals surface area contributed by atoms with Crippen LogP contribution in [0.3, 0.4) is 0 Å². The maximum Gasteiger partial charge on any atom is 0.332 e. The third-order valence-corrected chi connectivity index (χ3v) is 2.33. The van der Waals surface area contributed by atoms with E-state index in [4.69, 9.17) is 5.73 Å². The highest BCUT2D eigenvalue weighted by Gasteiger charge is 2.24. The van der Waals surface area contributed by atoms with E-state index < -0.39 is 6.03 Å². The summed E-state index contributed by atoms with van der Waals surface area (Å²) < 4.78 is 1.59. The van der Waals surface area contributed by atoms with Crippen LogP contribution in [0.1, 0.15) is 16.1 Å². The van der Waals surface area contributed by atoms with Crippen LogP contribution in [0.15, 0.2) is 17.4 Å². The van der Waals surface area contributed by atoms with Crippen molar-refractivity contribution in [2.75, 3.05) is 14.1 Å². The smallest absolute Gasteiger partial charge is 0.332 e. The molecule has 110 valence electrons. The molecule has 1 rings (SSSR count). The first-order valence-electron chi connectivity index (χ1n) is 5.36. The second-order valence-electron chi connectivity index (χ2n) is 4.01. The summed E-state index contributed by atoms with van der Waals surface area (Å²) in [6, 6.07) is 0.579. The fourth-order valence-electron chi connectivity index (χ4n) is 1.41. The normalized spacial score (nSPS) is 9.95. The van der Waals surface area contributed by atoms with Crippen LogP contribution in [0.25, 0.3) is 0 Å². The van der Waals surface area contributed by atoms with E-state index in [9.17, 15) is 14.7 Å². The van der Waals surface area contributed by atoms with E-state index in [1.165, 1.54) is 17.2 Å². The van der Waals surface area contributed by atoms with Crippen LogP contribution in [0.5, 0.6) is 5.75 Å². The molecule has 0 saturated heterocycles. The number of hydrogen-bond acceptors (Lipinski definition) is 4. The molecule has 0 aliphatic carbocycles. The third-order valence-electron chi connectivity index (χ3n) is 2.33. The second kappa shape index (κ2) is 7.29. The third kappa shape index (κ3) is 4.09. The molecule has 1 aromatic heterocycles. The molecule has 1 heterocycles. The van der Waals surface area contributed by atoms with Gasteiger partial charge in [0.05, 0.1) is 0 Å². The number of aromatic hydroxyl groups is 1. The Morgan fingerprint density at radius 2 is 2.10 bits per heavy atom. The number of pyridine rings is 1. The van der Waals surface area contributed by atoms with Crippen molar-refractivity contribution in [3.8, 4) is 5.75 Å². The topological polar surface area (TPSA) is 112 Å². The highest BCUT2D eigenvalue weighted by molar-refractivity contribution is 6.02. The van der Waals surface area contributed by atoms with Gasteiger partial charge in [-0.05, 0) is 0 Å². The van der Waals surface area contributed by atoms with Gasteiger partial charge in [0.1, 0.15) is 19.0 Å². The number of aryl methyl sites for hydroxylation is 1. The minimum Gasteiger partial charge on any atom is -1.00 e. The average Bonchev–Trinajstić information content (AvgIpc) is 2.32.